The van der Waals surface area contributed by atoms with Crippen LogP contribution in [0.5, 0.6) is 0 Å². The molecule has 0 bridgehead atoms. The maximum absolute atomic E-state index is 2.36. The average molecular weight is 425 g/mol. The Kier molecular flexibility index (Phi) is 4.69. The third kappa shape index (κ3) is 2.98. The normalized spacial score (nSPS) is 14.8. The fraction of sp³-hybridized carbons (Fsp3) is 0.152. The highest BCUT2D eigenvalue weighted by molar-refractivity contribution is 5.81. The lowest BCUT2D eigenvalue weighted by Gasteiger charge is -2.43. The summed E-state index contributed by atoms with van der Waals surface area (Å²) in [6.07, 6.45) is 7.88. The molecule has 0 heterocycles. The molecule has 4 aromatic rings. The van der Waals surface area contributed by atoms with Crippen molar-refractivity contribution in [3.8, 4) is 11.1 Å². The van der Waals surface area contributed by atoms with E-state index in [9.17, 15) is 0 Å². The molecule has 2 aliphatic carbocycles. The maximum Gasteiger partial charge on any atom is 0.0526 e. The lowest BCUT2D eigenvalue weighted by atomic mass is 9.58. The molecule has 2 aliphatic rings. The summed E-state index contributed by atoms with van der Waals surface area (Å²) < 4.78 is 0. The quantitative estimate of drug-likeness (QED) is 0.309. The highest BCUT2D eigenvalue weighted by Gasteiger charge is 2.49. The zero-order chi connectivity index (χ0) is 22.4. The molecule has 0 saturated heterocycles. The van der Waals surface area contributed by atoms with E-state index < -0.39 is 0 Å². The van der Waals surface area contributed by atoms with E-state index in [-0.39, 0.29) is 11.3 Å². The van der Waals surface area contributed by atoms with Gasteiger partial charge in [-0.15, -0.1) is 0 Å². The van der Waals surface area contributed by atoms with Crippen LogP contribution in [0.3, 0.4) is 0 Å². The molecule has 0 atom stereocenters. The highest BCUT2D eigenvalue weighted by atomic mass is 14.5. The summed E-state index contributed by atoms with van der Waals surface area (Å²) >= 11 is 0. The third-order valence-electron chi connectivity index (χ3n) is 7.56. The van der Waals surface area contributed by atoms with Crippen molar-refractivity contribution in [2.24, 2.45) is 0 Å². The first kappa shape index (κ1) is 20.0. The van der Waals surface area contributed by atoms with E-state index in [0.29, 0.717) is 0 Å². The molecule has 0 N–H and O–H groups in total. The predicted octanol–water partition coefficient (Wildman–Crippen LogP) is 8.29. The Morgan fingerprint density at radius 1 is 0.606 bits per heavy atom. The van der Waals surface area contributed by atoms with Crippen LogP contribution in [0.15, 0.2) is 121 Å². The smallest absolute Gasteiger partial charge is 0.0526 e. The summed E-state index contributed by atoms with van der Waals surface area (Å²) in [4.78, 5) is 0. The standard InChI is InChI=1S/C33H28/c1-23-15-19-26(20-16-23)33(25-9-3-4-10-25,27-21-17-24(2)18-22-27)32-30-13-7-5-11-28(30)29-12-6-8-14-31(29)32/h3-9,11-22,32H,10H2,1-2H3. The number of aryl methyl sites for hydroxylation is 2. The first-order valence-corrected chi connectivity index (χ1v) is 11.9. The molecular formula is C33H28. The lowest BCUT2D eigenvalue weighted by molar-refractivity contribution is 0.527. The van der Waals surface area contributed by atoms with E-state index in [4.69, 9.17) is 0 Å². The van der Waals surface area contributed by atoms with Gasteiger partial charge in [0.25, 0.3) is 0 Å². The first-order valence-electron chi connectivity index (χ1n) is 11.9. The molecule has 4 aromatic carbocycles. The number of benzene rings is 4. The van der Waals surface area contributed by atoms with Crippen molar-refractivity contribution in [2.75, 3.05) is 0 Å². The van der Waals surface area contributed by atoms with Gasteiger partial charge in [-0.05, 0) is 53.6 Å². The summed E-state index contributed by atoms with van der Waals surface area (Å²) in [6, 6.07) is 36.6. The summed E-state index contributed by atoms with van der Waals surface area (Å²) in [7, 11) is 0. The predicted molar refractivity (Wildman–Crippen MR) is 139 cm³/mol. The van der Waals surface area contributed by atoms with Crippen LogP contribution >= 0.6 is 0 Å². The molecule has 0 spiro atoms. The van der Waals surface area contributed by atoms with Crippen molar-refractivity contribution < 1.29 is 0 Å². The van der Waals surface area contributed by atoms with Crippen LogP contribution in [-0.4, -0.2) is 0 Å². The molecule has 0 heteroatoms. The van der Waals surface area contributed by atoms with Crippen molar-refractivity contribution in [1.29, 1.82) is 0 Å². The second kappa shape index (κ2) is 7.74. The van der Waals surface area contributed by atoms with Crippen molar-refractivity contribution >= 4 is 0 Å². The number of hydrogen-bond donors (Lipinski definition) is 0. The van der Waals surface area contributed by atoms with Gasteiger partial charge in [0.1, 0.15) is 0 Å². The third-order valence-corrected chi connectivity index (χ3v) is 7.56. The molecule has 6 rings (SSSR count). The molecule has 0 radical (unpaired) electrons. The van der Waals surface area contributed by atoms with E-state index in [1.807, 2.05) is 0 Å². The second-order valence-electron chi connectivity index (χ2n) is 9.47. The minimum Gasteiger partial charge on any atom is -0.0804 e. The first-order chi connectivity index (χ1) is 16.2. The topological polar surface area (TPSA) is 0 Å². The zero-order valence-corrected chi connectivity index (χ0v) is 19.3. The molecule has 0 fully saturated rings. The van der Waals surface area contributed by atoms with Crippen molar-refractivity contribution in [1.82, 2.24) is 0 Å². The van der Waals surface area contributed by atoms with Gasteiger partial charge < -0.3 is 0 Å². The Hall–Kier alpha value is -3.64. The Labute approximate surface area is 196 Å². The molecule has 160 valence electrons. The summed E-state index contributed by atoms with van der Waals surface area (Å²) in [5, 5.41) is 0. The van der Waals surface area contributed by atoms with E-state index in [2.05, 4.69) is 129 Å². The van der Waals surface area contributed by atoms with Crippen molar-refractivity contribution in [3.63, 3.8) is 0 Å². The van der Waals surface area contributed by atoms with E-state index in [0.717, 1.165) is 6.42 Å². The monoisotopic (exact) mass is 424 g/mol. The molecule has 0 aliphatic heterocycles. The largest absolute Gasteiger partial charge is 0.0804 e. The molecule has 33 heavy (non-hydrogen) atoms. The van der Waals surface area contributed by atoms with Crippen molar-refractivity contribution in [3.05, 3.63) is 154 Å². The van der Waals surface area contributed by atoms with Crippen LogP contribution in [0, 0.1) is 13.8 Å². The lowest BCUT2D eigenvalue weighted by Crippen LogP contribution is -2.37. The van der Waals surface area contributed by atoms with Crippen LogP contribution in [0.4, 0.5) is 0 Å². The maximum atomic E-state index is 2.36. The minimum atomic E-state index is -0.284. The van der Waals surface area contributed by atoms with Crippen LogP contribution < -0.4 is 0 Å². The van der Waals surface area contributed by atoms with E-state index in [1.165, 1.54) is 50.1 Å². The van der Waals surface area contributed by atoms with Gasteiger partial charge in [0.2, 0.25) is 0 Å². The van der Waals surface area contributed by atoms with E-state index in [1.54, 1.807) is 0 Å². The van der Waals surface area contributed by atoms with Crippen LogP contribution in [-0.2, 0) is 5.41 Å². The minimum absolute atomic E-state index is 0.210. The Morgan fingerprint density at radius 3 is 1.55 bits per heavy atom. The molecule has 0 saturated carbocycles. The van der Waals surface area contributed by atoms with E-state index >= 15 is 0 Å². The van der Waals surface area contributed by atoms with Gasteiger partial charge in [0.15, 0.2) is 0 Å². The van der Waals surface area contributed by atoms with Gasteiger partial charge >= 0.3 is 0 Å². The fourth-order valence-electron chi connectivity index (χ4n) is 6.05. The molecule has 0 amide bonds. The average Bonchev–Trinajstić information content (AvgIpc) is 3.50. The highest BCUT2D eigenvalue weighted by Crippen LogP contribution is 2.60. The van der Waals surface area contributed by atoms with Crippen LogP contribution in [0.1, 0.15) is 45.7 Å². The molecule has 0 aromatic heterocycles. The Morgan fingerprint density at radius 2 is 1.09 bits per heavy atom. The number of hydrogen-bond acceptors (Lipinski definition) is 0. The van der Waals surface area contributed by atoms with Gasteiger partial charge in [-0.25, -0.2) is 0 Å². The number of fused-ring (bicyclic) bond motifs is 3. The van der Waals surface area contributed by atoms with Gasteiger partial charge in [0.05, 0.1) is 5.41 Å². The molecule has 0 unspecified atom stereocenters. The zero-order valence-electron chi connectivity index (χ0n) is 19.3. The molecule has 0 nitrogen and oxygen atoms in total. The SMILES string of the molecule is Cc1ccc(C(C2=CC=CC2)(c2ccc(C)cc2)C2c3ccccc3-c3ccccc32)cc1. The Bertz CT molecular complexity index is 1290. The van der Waals surface area contributed by atoms with Gasteiger partial charge in [-0.1, -0.05) is 132 Å². The summed E-state index contributed by atoms with van der Waals surface area (Å²) in [6.45, 7) is 4.35. The second-order valence-corrected chi connectivity index (χ2v) is 9.47. The van der Waals surface area contributed by atoms with Crippen LogP contribution in [0.2, 0.25) is 0 Å². The van der Waals surface area contributed by atoms with Gasteiger partial charge in [-0.3, -0.25) is 0 Å². The number of allylic oxidation sites excluding steroid dienone is 4. The summed E-state index contributed by atoms with van der Waals surface area (Å²) in [5.74, 6) is 0.210. The van der Waals surface area contributed by atoms with Gasteiger partial charge in [-0.2, -0.15) is 0 Å². The van der Waals surface area contributed by atoms with Gasteiger partial charge in [0, 0.05) is 5.92 Å². The Balaban J connectivity index is 1.75. The van der Waals surface area contributed by atoms with Crippen molar-refractivity contribution in [2.45, 2.75) is 31.6 Å². The number of rotatable bonds is 4. The summed E-state index contributed by atoms with van der Waals surface area (Å²) in [5.41, 5.74) is 12.1. The fourth-order valence-corrected chi connectivity index (χ4v) is 6.05. The van der Waals surface area contributed by atoms with Crippen LogP contribution in [0.25, 0.3) is 11.1 Å². The molecular weight excluding hydrogens is 396 g/mol.